The van der Waals surface area contributed by atoms with Crippen LogP contribution < -0.4 is 5.32 Å². The number of amides is 2. The van der Waals surface area contributed by atoms with E-state index in [4.69, 9.17) is 34.8 Å². The van der Waals surface area contributed by atoms with Gasteiger partial charge in [0, 0.05) is 23.9 Å². The number of nitrogens with one attached hydrogen (secondary N) is 1. The van der Waals surface area contributed by atoms with E-state index in [-0.39, 0.29) is 24.1 Å². The monoisotopic (exact) mass is 486 g/mol. The molecule has 0 spiro atoms. The molecule has 0 aliphatic heterocycles. The highest BCUT2D eigenvalue weighted by Crippen LogP contribution is 2.24. The van der Waals surface area contributed by atoms with Gasteiger partial charge in [-0.05, 0) is 48.7 Å². The number of hydrogen-bond acceptors (Lipinski definition) is 3. The molecule has 0 aromatic heterocycles. The number of thioether (sulfide) groups is 1. The summed E-state index contributed by atoms with van der Waals surface area (Å²) in [5, 5.41) is 4.38. The highest BCUT2D eigenvalue weighted by atomic mass is 35.5. The first-order valence-electron chi connectivity index (χ1n) is 9.69. The second kappa shape index (κ2) is 12.5. The fraction of sp³-hybridized carbons (Fsp3) is 0.364. The average molecular weight is 488 g/mol. The van der Waals surface area contributed by atoms with E-state index in [1.165, 1.54) is 11.8 Å². The van der Waals surface area contributed by atoms with Gasteiger partial charge >= 0.3 is 0 Å². The predicted octanol–water partition coefficient (Wildman–Crippen LogP) is 5.82. The number of carbonyl (C=O) groups excluding carboxylic acids is 2. The van der Waals surface area contributed by atoms with E-state index < -0.39 is 6.04 Å². The summed E-state index contributed by atoms with van der Waals surface area (Å²) in [6.07, 6.45) is 0.515. The molecular formula is C22H25Cl3N2O2S. The first-order valence-corrected chi connectivity index (χ1v) is 12.0. The third-order valence-electron chi connectivity index (χ3n) is 4.48. The van der Waals surface area contributed by atoms with Crippen LogP contribution in [0.3, 0.4) is 0 Å². The van der Waals surface area contributed by atoms with Crippen LogP contribution >= 0.6 is 46.6 Å². The second-order valence-electron chi connectivity index (χ2n) is 6.71. The smallest absolute Gasteiger partial charge is 0.242 e. The number of halogens is 3. The van der Waals surface area contributed by atoms with Crippen molar-refractivity contribution in [2.75, 3.05) is 12.3 Å². The van der Waals surface area contributed by atoms with Crippen LogP contribution in [0.25, 0.3) is 0 Å². The lowest BCUT2D eigenvalue weighted by molar-refractivity contribution is -0.139. The maximum Gasteiger partial charge on any atom is 0.242 e. The van der Waals surface area contributed by atoms with Gasteiger partial charge in [0.25, 0.3) is 0 Å². The Morgan fingerprint density at radius 3 is 2.27 bits per heavy atom. The molecule has 0 fully saturated rings. The molecule has 1 atom stereocenters. The molecule has 2 aromatic rings. The van der Waals surface area contributed by atoms with E-state index in [0.717, 1.165) is 11.1 Å². The Balaban J connectivity index is 2.13. The molecule has 2 amide bonds. The highest BCUT2D eigenvalue weighted by molar-refractivity contribution is 7.99. The van der Waals surface area contributed by atoms with E-state index in [9.17, 15) is 9.59 Å². The second-order valence-corrected chi connectivity index (χ2v) is 8.94. The summed E-state index contributed by atoms with van der Waals surface area (Å²) < 4.78 is 0. The number of likely N-dealkylation sites (N-methyl/N-ethyl adjacent to an activating group) is 1. The van der Waals surface area contributed by atoms with E-state index >= 15 is 0 Å². The average Bonchev–Trinajstić information content (AvgIpc) is 2.72. The van der Waals surface area contributed by atoms with E-state index in [1.54, 1.807) is 17.0 Å². The number of nitrogens with zero attached hydrogens (tertiary/aromatic N) is 1. The maximum absolute atomic E-state index is 13.1. The fourth-order valence-corrected chi connectivity index (χ4v) is 4.28. The molecule has 2 rings (SSSR count). The van der Waals surface area contributed by atoms with Crippen LogP contribution in [0.2, 0.25) is 15.1 Å². The molecule has 0 heterocycles. The Hall–Kier alpha value is -1.40. The Bertz CT molecular complexity index is 862. The van der Waals surface area contributed by atoms with Gasteiger partial charge in [0.05, 0.1) is 15.8 Å². The van der Waals surface area contributed by atoms with Gasteiger partial charge in [0.15, 0.2) is 0 Å². The molecule has 4 nitrogen and oxygen atoms in total. The third-order valence-corrected chi connectivity index (χ3v) is 6.46. The van der Waals surface area contributed by atoms with Gasteiger partial charge in [0.2, 0.25) is 11.8 Å². The molecule has 2 aromatic carbocycles. The van der Waals surface area contributed by atoms with Gasteiger partial charge in [-0.2, -0.15) is 0 Å². The summed E-state index contributed by atoms with van der Waals surface area (Å²) in [6.45, 7) is 4.55. The first kappa shape index (κ1) is 24.9. The van der Waals surface area contributed by atoms with Gasteiger partial charge in [0.1, 0.15) is 6.04 Å². The summed E-state index contributed by atoms with van der Waals surface area (Å²) >= 11 is 19.6. The van der Waals surface area contributed by atoms with Crippen LogP contribution in [0.15, 0.2) is 42.5 Å². The largest absolute Gasteiger partial charge is 0.355 e. The molecule has 0 saturated carbocycles. The summed E-state index contributed by atoms with van der Waals surface area (Å²) in [5.41, 5.74) is 1.91. The van der Waals surface area contributed by atoms with Crippen LogP contribution in [0, 0.1) is 0 Å². The molecule has 1 N–H and O–H groups in total. The predicted molar refractivity (Wildman–Crippen MR) is 127 cm³/mol. The van der Waals surface area contributed by atoms with Crippen molar-refractivity contribution < 1.29 is 9.59 Å². The zero-order valence-electron chi connectivity index (χ0n) is 17.0. The van der Waals surface area contributed by atoms with Crippen molar-refractivity contribution in [2.45, 2.75) is 38.6 Å². The van der Waals surface area contributed by atoms with Crippen molar-refractivity contribution in [3.05, 3.63) is 68.7 Å². The minimum atomic E-state index is -0.553. The van der Waals surface area contributed by atoms with Crippen molar-refractivity contribution in [3.8, 4) is 0 Å². The highest BCUT2D eigenvalue weighted by Gasteiger charge is 2.28. The van der Waals surface area contributed by atoms with E-state index in [2.05, 4.69) is 5.32 Å². The zero-order valence-corrected chi connectivity index (χ0v) is 20.0. The maximum atomic E-state index is 13.1. The van der Waals surface area contributed by atoms with Gasteiger partial charge in [-0.1, -0.05) is 59.9 Å². The standard InChI is InChI=1S/C22H25Cl3N2O2S/c1-3-20(22(29)26-4-2)27(12-16-7-10-18(24)19(25)11-16)21(28)14-30-13-15-5-8-17(23)9-6-15/h5-11,20H,3-4,12-14H2,1-2H3,(H,26,29). The SMILES string of the molecule is CCNC(=O)C(CC)N(Cc1ccc(Cl)c(Cl)c1)C(=O)CSCc1ccc(Cl)cc1. The van der Waals surface area contributed by atoms with Crippen LogP contribution in [0.1, 0.15) is 31.4 Å². The zero-order chi connectivity index (χ0) is 22.1. The minimum absolute atomic E-state index is 0.0989. The lowest BCUT2D eigenvalue weighted by atomic mass is 10.1. The lowest BCUT2D eigenvalue weighted by Crippen LogP contribution is -2.49. The Labute approximate surface area is 197 Å². The van der Waals surface area contributed by atoms with Crippen LogP contribution in [0.4, 0.5) is 0 Å². The number of hydrogen-bond donors (Lipinski definition) is 1. The van der Waals surface area contributed by atoms with Crippen LogP contribution in [-0.4, -0.2) is 35.1 Å². The lowest BCUT2D eigenvalue weighted by Gasteiger charge is -2.30. The van der Waals surface area contributed by atoms with Gasteiger partial charge in [-0.3, -0.25) is 9.59 Å². The van der Waals surface area contributed by atoms with Crippen molar-refractivity contribution in [1.29, 1.82) is 0 Å². The first-order chi connectivity index (χ1) is 14.3. The van der Waals surface area contributed by atoms with Gasteiger partial charge in [-0.15, -0.1) is 11.8 Å². The number of benzene rings is 2. The molecule has 30 heavy (non-hydrogen) atoms. The molecule has 162 valence electrons. The third kappa shape index (κ3) is 7.38. The Morgan fingerprint density at radius 1 is 1.00 bits per heavy atom. The molecule has 0 saturated heterocycles. The fourth-order valence-electron chi connectivity index (χ4n) is 2.97. The van der Waals surface area contributed by atoms with Gasteiger partial charge < -0.3 is 10.2 Å². The minimum Gasteiger partial charge on any atom is -0.355 e. The molecule has 8 heteroatoms. The van der Waals surface area contributed by atoms with Crippen molar-refractivity contribution in [3.63, 3.8) is 0 Å². The molecule has 0 radical (unpaired) electrons. The van der Waals surface area contributed by atoms with Crippen molar-refractivity contribution in [1.82, 2.24) is 10.2 Å². The molecule has 0 aliphatic carbocycles. The summed E-state index contributed by atoms with van der Waals surface area (Å²) in [5.74, 6) is 0.690. The Morgan fingerprint density at radius 2 is 1.67 bits per heavy atom. The molecular weight excluding hydrogens is 463 g/mol. The molecule has 1 unspecified atom stereocenters. The summed E-state index contributed by atoms with van der Waals surface area (Å²) in [7, 11) is 0. The molecule has 0 aliphatic rings. The topological polar surface area (TPSA) is 49.4 Å². The normalized spacial score (nSPS) is 11.8. The van der Waals surface area contributed by atoms with E-state index in [0.29, 0.717) is 33.8 Å². The Kier molecular flexibility index (Phi) is 10.3. The van der Waals surface area contributed by atoms with Crippen molar-refractivity contribution >= 4 is 58.4 Å². The summed E-state index contributed by atoms with van der Waals surface area (Å²) in [4.78, 5) is 27.3. The number of carbonyl (C=O) groups is 2. The van der Waals surface area contributed by atoms with Crippen LogP contribution in [0.5, 0.6) is 0 Å². The quantitative estimate of drug-likeness (QED) is 0.459. The number of rotatable bonds is 10. The van der Waals surface area contributed by atoms with Crippen molar-refractivity contribution in [2.24, 2.45) is 0 Å². The molecule has 0 bridgehead atoms. The van der Waals surface area contributed by atoms with Gasteiger partial charge in [-0.25, -0.2) is 0 Å². The summed E-state index contributed by atoms with van der Waals surface area (Å²) in [6, 6.07) is 12.2. The van der Waals surface area contributed by atoms with E-state index in [1.807, 2.05) is 44.2 Å². The van der Waals surface area contributed by atoms with Crippen LogP contribution in [-0.2, 0) is 21.9 Å².